The third kappa shape index (κ3) is 2.77. The SMILES string of the molecule is C#CCOC(=O)c1cccc(-c2c(F)c(N)c3c(Cl)c[nH]c3c2F)n1. The summed E-state index contributed by atoms with van der Waals surface area (Å²) in [6.45, 7) is -0.243. The molecule has 5 nitrogen and oxygen atoms in total. The Morgan fingerprint density at radius 2 is 2.16 bits per heavy atom. The van der Waals surface area contributed by atoms with Crippen molar-refractivity contribution < 1.29 is 18.3 Å². The first-order valence-corrected chi connectivity index (χ1v) is 7.34. The fraction of sp³-hybridized carbons (Fsp3) is 0.0588. The Hall–Kier alpha value is -3.11. The van der Waals surface area contributed by atoms with Gasteiger partial charge in [0.05, 0.1) is 27.5 Å². The normalized spacial score (nSPS) is 10.6. The lowest BCUT2D eigenvalue weighted by Crippen LogP contribution is -2.09. The van der Waals surface area contributed by atoms with Crippen LogP contribution in [0.25, 0.3) is 22.2 Å². The topological polar surface area (TPSA) is 81.0 Å². The Labute approximate surface area is 145 Å². The lowest BCUT2D eigenvalue weighted by molar-refractivity contribution is 0.0550. The van der Waals surface area contributed by atoms with Gasteiger partial charge in [-0.3, -0.25) is 0 Å². The highest BCUT2D eigenvalue weighted by Crippen LogP contribution is 2.38. The number of benzene rings is 1. The number of carbonyl (C=O) groups excluding carboxylic acids is 1. The summed E-state index contributed by atoms with van der Waals surface area (Å²) in [6, 6.07) is 4.09. The van der Waals surface area contributed by atoms with Gasteiger partial charge in [0.15, 0.2) is 18.2 Å². The molecular weight excluding hydrogens is 352 g/mol. The van der Waals surface area contributed by atoms with Gasteiger partial charge < -0.3 is 15.5 Å². The second-order valence-electron chi connectivity index (χ2n) is 4.99. The molecule has 0 aliphatic carbocycles. The summed E-state index contributed by atoms with van der Waals surface area (Å²) in [7, 11) is 0. The summed E-state index contributed by atoms with van der Waals surface area (Å²) in [5, 5.41) is 0.140. The summed E-state index contributed by atoms with van der Waals surface area (Å²) in [4.78, 5) is 18.4. The van der Waals surface area contributed by atoms with E-state index in [2.05, 4.69) is 15.9 Å². The van der Waals surface area contributed by atoms with Crippen LogP contribution < -0.4 is 5.73 Å². The van der Waals surface area contributed by atoms with Crippen LogP contribution in [-0.2, 0) is 4.74 Å². The Bertz CT molecular complexity index is 1040. The van der Waals surface area contributed by atoms with Gasteiger partial charge in [0.2, 0.25) is 0 Å². The molecule has 0 radical (unpaired) electrons. The van der Waals surface area contributed by atoms with E-state index in [0.29, 0.717) is 0 Å². The summed E-state index contributed by atoms with van der Waals surface area (Å²) in [5.74, 6) is -0.610. The number of anilines is 1. The van der Waals surface area contributed by atoms with Crippen LogP contribution in [0.1, 0.15) is 10.5 Å². The molecule has 0 saturated heterocycles. The number of nitrogens with zero attached hydrogens (tertiary/aromatic N) is 1. The van der Waals surface area contributed by atoms with Crippen LogP contribution in [0.5, 0.6) is 0 Å². The zero-order valence-electron chi connectivity index (χ0n) is 12.6. The predicted octanol–water partition coefficient (Wildman–Crippen LogP) is 3.53. The molecule has 0 unspecified atom stereocenters. The number of ether oxygens (including phenoxy) is 1. The largest absolute Gasteiger partial charge is 0.448 e. The molecule has 0 aliphatic heterocycles. The minimum atomic E-state index is -1.02. The van der Waals surface area contributed by atoms with Crippen LogP contribution in [0.4, 0.5) is 14.5 Å². The van der Waals surface area contributed by atoms with Crippen molar-refractivity contribution in [1.82, 2.24) is 9.97 Å². The van der Waals surface area contributed by atoms with Crippen LogP contribution in [0, 0.1) is 24.0 Å². The van der Waals surface area contributed by atoms with Crippen LogP contribution in [0.3, 0.4) is 0 Å². The van der Waals surface area contributed by atoms with Crippen LogP contribution >= 0.6 is 11.6 Å². The minimum Gasteiger partial charge on any atom is -0.448 e. The average molecular weight is 362 g/mol. The number of hydrogen-bond acceptors (Lipinski definition) is 4. The number of nitrogens with one attached hydrogen (secondary N) is 1. The number of pyridine rings is 1. The molecule has 0 saturated carbocycles. The third-order valence-corrected chi connectivity index (χ3v) is 3.80. The maximum Gasteiger partial charge on any atom is 0.357 e. The molecule has 0 fully saturated rings. The van der Waals surface area contributed by atoms with Gasteiger partial charge in [-0.1, -0.05) is 23.6 Å². The van der Waals surface area contributed by atoms with E-state index in [1.807, 2.05) is 0 Å². The van der Waals surface area contributed by atoms with Crippen molar-refractivity contribution in [2.45, 2.75) is 0 Å². The summed E-state index contributed by atoms with van der Waals surface area (Å²) in [6.07, 6.45) is 6.31. The van der Waals surface area contributed by atoms with Gasteiger partial charge in [0, 0.05) is 11.6 Å². The van der Waals surface area contributed by atoms with Crippen molar-refractivity contribution in [2.75, 3.05) is 12.3 Å². The Morgan fingerprint density at radius 3 is 2.88 bits per heavy atom. The lowest BCUT2D eigenvalue weighted by Gasteiger charge is -2.10. The number of nitrogens with two attached hydrogens (primary N) is 1. The lowest BCUT2D eigenvalue weighted by atomic mass is 10.0. The molecule has 3 aromatic rings. The maximum absolute atomic E-state index is 14.8. The van der Waals surface area contributed by atoms with E-state index in [4.69, 9.17) is 28.5 Å². The molecule has 0 bridgehead atoms. The zero-order valence-corrected chi connectivity index (χ0v) is 13.3. The summed E-state index contributed by atoms with van der Waals surface area (Å²) < 4.78 is 34.2. The first kappa shape index (κ1) is 16.7. The zero-order chi connectivity index (χ0) is 18.1. The van der Waals surface area contributed by atoms with Gasteiger partial charge in [-0.15, -0.1) is 6.42 Å². The Balaban J connectivity index is 2.18. The number of aromatic amines is 1. The van der Waals surface area contributed by atoms with Gasteiger partial charge in [0.25, 0.3) is 0 Å². The van der Waals surface area contributed by atoms with Crippen LogP contribution in [-0.4, -0.2) is 22.5 Å². The average Bonchev–Trinajstić information content (AvgIpc) is 3.00. The quantitative estimate of drug-likeness (QED) is 0.425. The molecule has 2 heterocycles. The first-order valence-electron chi connectivity index (χ1n) is 6.96. The minimum absolute atomic E-state index is 0.0463. The fourth-order valence-corrected chi connectivity index (χ4v) is 2.65. The molecule has 1 aromatic carbocycles. The summed E-state index contributed by atoms with van der Waals surface area (Å²) >= 11 is 5.90. The van der Waals surface area contributed by atoms with E-state index >= 15 is 0 Å². The Morgan fingerprint density at radius 1 is 1.40 bits per heavy atom. The molecule has 8 heteroatoms. The van der Waals surface area contributed by atoms with Crippen molar-refractivity contribution >= 4 is 34.2 Å². The number of terminal acetylenes is 1. The number of esters is 1. The van der Waals surface area contributed by atoms with Gasteiger partial charge in [-0.25, -0.2) is 18.6 Å². The second kappa shape index (κ2) is 6.42. The van der Waals surface area contributed by atoms with Gasteiger partial charge in [-0.2, -0.15) is 0 Å². The van der Waals surface area contributed by atoms with Crippen molar-refractivity contribution in [3.63, 3.8) is 0 Å². The monoisotopic (exact) mass is 361 g/mol. The number of H-pyrrole nitrogens is 1. The number of nitrogen functional groups attached to an aromatic ring is 1. The molecule has 0 amide bonds. The van der Waals surface area contributed by atoms with Crippen molar-refractivity contribution in [1.29, 1.82) is 0 Å². The van der Waals surface area contributed by atoms with E-state index in [0.717, 1.165) is 0 Å². The standard InChI is InChI=1S/C17H10ClF2N3O2/c1-2-6-25-17(24)10-5-3-4-9(23-10)12-13(19)15(21)11-8(18)7-22-16(11)14(12)20/h1,3-5,7,22H,6,21H2. The molecule has 2 aromatic heterocycles. The van der Waals surface area contributed by atoms with Gasteiger partial charge in [0.1, 0.15) is 5.69 Å². The number of rotatable bonds is 3. The molecule has 25 heavy (non-hydrogen) atoms. The summed E-state index contributed by atoms with van der Waals surface area (Å²) in [5.41, 5.74) is 4.63. The fourth-order valence-electron chi connectivity index (χ4n) is 2.40. The number of fused-ring (bicyclic) bond motifs is 1. The highest BCUT2D eigenvalue weighted by molar-refractivity contribution is 6.36. The molecule has 3 rings (SSSR count). The van der Waals surface area contributed by atoms with E-state index in [1.165, 1.54) is 24.4 Å². The predicted molar refractivity (Wildman–Crippen MR) is 90.0 cm³/mol. The smallest absolute Gasteiger partial charge is 0.357 e. The van der Waals surface area contributed by atoms with Gasteiger partial charge >= 0.3 is 5.97 Å². The molecule has 0 spiro atoms. The second-order valence-corrected chi connectivity index (χ2v) is 5.40. The van der Waals surface area contributed by atoms with Crippen LogP contribution in [0.15, 0.2) is 24.4 Å². The van der Waals surface area contributed by atoms with E-state index < -0.39 is 23.2 Å². The highest BCUT2D eigenvalue weighted by atomic mass is 35.5. The van der Waals surface area contributed by atoms with E-state index in [1.54, 1.807) is 0 Å². The van der Waals surface area contributed by atoms with E-state index in [9.17, 15) is 13.6 Å². The number of aromatic nitrogens is 2. The van der Waals surface area contributed by atoms with Crippen LogP contribution in [0.2, 0.25) is 5.02 Å². The third-order valence-electron chi connectivity index (χ3n) is 3.50. The molecule has 0 atom stereocenters. The maximum atomic E-state index is 14.8. The Kier molecular flexibility index (Phi) is 4.30. The highest BCUT2D eigenvalue weighted by Gasteiger charge is 2.24. The molecule has 0 aliphatic rings. The molecule has 3 N–H and O–H groups in total. The van der Waals surface area contributed by atoms with Gasteiger partial charge in [-0.05, 0) is 12.1 Å². The molecule has 126 valence electrons. The van der Waals surface area contributed by atoms with Crippen molar-refractivity contribution in [2.24, 2.45) is 0 Å². The first-order chi connectivity index (χ1) is 12.0. The molecular formula is C17H10ClF2N3O2. The number of hydrogen-bond donors (Lipinski definition) is 2. The van der Waals surface area contributed by atoms with Crippen molar-refractivity contribution in [3.8, 4) is 23.6 Å². The van der Waals surface area contributed by atoms with Crippen molar-refractivity contribution in [3.05, 3.63) is 46.7 Å². The van der Waals surface area contributed by atoms with E-state index in [-0.39, 0.29) is 39.6 Å². The number of carbonyl (C=O) groups is 1. The number of halogens is 3.